The third-order valence-corrected chi connectivity index (χ3v) is 3.22. The maximum atomic E-state index is 11.3. The predicted molar refractivity (Wildman–Crippen MR) is 49.4 cm³/mol. The summed E-state index contributed by atoms with van der Waals surface area (Å²) >= 11 is 0. The van der Waals surface area contributed by atoms with E-state index in [0.29, 0.717) is 6.42 Å². The molecule has 1 saturated carbocycles. The van der Waals surface area contributed by atoms with E-state index in [2.05, 4.69) is 9.44 Å². The van der Waals surface area contributed by atoms with Gasteiger partial charge in [-0.15, -0.1) is 0 Å². The molecule has 0 amide bonds. The van der Waals surface area contributed by atoms with Crippen LogP contribution in [0.25, 0.3) is 0 Å². The Hall–Kier alpha value is -0.170. The smallest absolute Gasteiger partial charge is 0.277 e. The number of rotatable bonds is 6. The number of aliphatic hydroxyl groups excluding tert-OH is 1. The Morgan fingerprint density at radius 2 is 2.15 bits per heavy atom. The second kappa shape index (κ2) is 4.36. The molecule has 13 heavy (non-hydrogen) atoms. The van der Waals surface area contributed by atoms with Crippen LogP contribution in [0.1, 0.15) is 26.2 Å². The molecule has 1 rings (SSSR count). The molecule has 1 fully saturated rings. The molecule has 6 heteroatoms. The Morgan fingerprint density at radius 3 is 2.54 bits per heavy atom. The highest BCUT2D eigenvalue weighted by molar-refractivity contribution is 7.87. The van der Waals surface area contributed by atoms with Crippen LogP contribution in [0, 0.1) is 0 Å². The zero-order valence-electron chi connectivity index (χ0n) is 7.66. The first-order chi connectivity index (χ1) is 6.07. The molecule has 1 unspecified atom stereocenters. The van der Waals surface area contributed by atoms with E-state index in [1.807, 2.05) is 6.92 Å². The third-order valence-electron chi connectivity index (χ3n) is 1.93. The van der Waals surface area contributed by atoms with Gasteiger partial charge in [-0.25, -0.2) is 0 Å². The first-order valence-corrected chi connectivity index (χ1v) is 5.96. The highest BCUT2D eigenvalue weighted by atomic mass is 32.2. The molecule has 0 aromatic heterocycles. The van der Waals surface area contributed by atoms with Crippen LogP contribution in [0.5, 0.6) is 0 Å². The Kier molecular flexibility index (Phi) is 3.66. The number of aliphatic hydroxyl groups is 1. The summed E-state index contributed by atoms with van der Waals surface area (Å²) < 4.78 is 27.4. The van der Waals surface area contributed by atoms with Gasteiger partial charge in [0.1, 0.15) is 0 Å². The molecule has 0 aromatic carbocycles. The molecule has 0 aromatic rings. The molecule has 78 valence electrons. The van der Waals surface area contributed by atoms with Gasteiger partial charge in [0.2, 0.25) is 0 Å². The number of hydrogen-bond donors (Lipinski definition) is 3. The van der Waals surface area contributed by atoms with Crippen LogP contribution in [-0.4, -0.2) is 32.2 Å². The lowest BCUT2D eigenvalue weighted by molar-refractivity contribution is 0.253. The van der Waals surface area contributed by atoms with Crippen molar-refractivity contribution >= 4 is 10.2 Å². The average molecular weight is 208 g/mol. The van der Waals surface area contributed by atoms with Crippen molar-refractivity contribution in [1.82, 2.24) is 9.44 Å². The third kappa shape index (κ3) is 4.04. The van der Waals surface area contributed by atoms with Crippen LogP contribution < -0.4 is 9.44 Å². The van der Waals surface area contributed by atoms with Crippen LogP contribution in [0.3, 0.4) is 0 Å². The summed E-state index contributed by atoms with van der Waals surface area (Å²) in [6, 6.07) is -0.273. The predicted octanol–water partition coefficient (Wildman–Crippen LogP) is -0.656. The fraction of sp³-hybridized carbons (Fsp3) is 1.00. The zero-order valence-corrected chi connectivity index (χ0v) is 8.47. The highest BCUT2D eigenvalue weighted by Crippen LogP contribution is 2.19. The molecular formula is C7H16N2O3S. The standard InChI is InChI=1S/C7H16N2O3S/c1-2-6(5-10)8-13(11,12)9-7-3-4-7/h6-10H,2-5H2,1H3. The van der Waals surface area contributed by atoms with Crippen molar-refractivity contribution in [2.24, 2.45) is 0 Å². The second-order valence-electron chi connectivity index (χ2n) is 3.30. The molecule has 0 radical (unpaired) electrons. The van der Waals surface area contributed by atoms with Crippen molar-refractivity contribution in [2.45, 2.75) is 38.3 Å². The van der Waals surface area contributed by atoms with Crippen molar-refractivity contribution in [2.75, 3.05) is 6.61 Å². The molecule has 0 spiro atoms. The van der Waals surface area contributed by atoms with Gasteiger partial charge in [-0.2, -0.15) is 17.9 Å². The summed E-state index contributed by atoms with van der Waals surface area (Å²) in [5.41, 5.74) is 0. The SMILES string of the molecule is CCC(CO)NS(=O)(=O)NC1CC1. The van der Waals surface area contributed by atoms with Gasteiger partial charge in [0, 0.05) is 12.1 Å². The van der Waals surface area contributed by atoms with Crippen molar-refractivity contribution in [3.63, 3.8) is 0 Å². The van der Waals surface area contributed by atoms with Gasteiger partial charge < -0.3 is 5.11 Å². The lowest BCUT2D eigenvalue weighted by Crippen LogP contribution is -2.44. The molecular weight excluding hydrogens is 192 g/mol. The van der Waals surface area contributed by atoms with Crippen LogP contribution in [-0.2, 0) is 10.2 Å². The fourth-order valence-corrected chi connectivity index (χ4v) is 2.35. The minimum atomic E-state index is -3.40. The quantitative estimate of drug-likeness (QED) is 0.542. The second-order valence-corrected chi connectivity index (χ2v) is 4.78. The summed E-state index contributed by atoms with van der Waals surface area (Å²) in [4.78, 5) is 0. The molecule has 3 N–H and O–H groups in total. The van der Waals surface area contributed by atoms with Crippen LogP contribution in [0.15, 0.2) is 0 Å². The minimum absolute atomic E-state index is 0.105. The molecule has 1 atom stereocenters. The van der Waals surface area contributed by atoms with Gasteiger partial charge in [0.15, 0.2) is 0 Å². The topological polar surface area (TPSA) is 78.4 Å². The van der Waals surface area contributed by atoms with Crippen LogP contribution in [0.4, 0.5) is 0 Å². The van der Waals surface area contributed by atoms with Gasteiger partial charge in [0.25, 0.3) is 10.2 Å². The maximum Gasteiger partial charge on any atom is 0.277 e. The molecule has 0 aliphatic heterocycles. The van der Waals surface area contributed by atoms with Gasteiger partial charge in [0.05, 0.1) is 6.61 Å². The first kappa shape index (κ1) is 10.9. The Labute approximate surface area is 78.7 Å². The van der Waals surface area contributed by atoms with Crippen molar-refractivity contribution in [3.8, 4) is 0 Å². The average Bonchev–Trinajstić information content (AvgIpc) is 2.83. The molecule has 1 aliphatic carbocycles. The van der Waals surface area contributed by atoms with E-state index in [4.69, 9.17) is 5.11 Å². The van der Waals surface area contributed by atoms with E-state index in [9.17, 15) is 8.42 Å². The summed E-state index contributed by atoms with van der Waals surface area (Å²) in [5, 5.41) is 8.78. The Balaban J connectivity index is 2.39. The normalized spacial score (nSPS) is 20.2. The van der Waals surface area contributed by atoms with Crippen molar-refractivity contribution in [3.05, 3.63) is 0 Å². The molecule has 0 saturated heterocycles. The van der Waals surface area contributed by atoms with Gasteiger partial charge in [-0.3, -0.25) is 0 Å². The van der Waals surface area contributed by atoms with Crippen molar-refractivity contribution < 1.29 is 13.5 Å². The molecule has 1 aliphatic rings. The van der Waals surface area contributed by atoms with E-state index in [1.165, 1.54) is 0 Å². The van der Waals surface area contributed by atoms with Crippen LogP contribution >= 0.6 is 0 Å². The van der Waals surface area contributed by atoms with Gasteiger partial charge in [-0.05, 0) is 19.3 Å². The number of nitrogens with one attached hydrogen (secondary N) is 2. The largest absolute Gasteiger partial charge is 0.395 e. The molecule has 5 nitrogen and oxygen atoms in total. The number of hydrogen-bond acceptors (Lipinski definition) is 3. The monoisotopic (exact) mass is 208 g/mol. The minimum Gasteiger partial charge on any atom is -0.395 e. The van der Waals surface area contributed by atoms with Crippen molar-refractivity contribution in [1.29, 1.82) is 0 Å². The van der Waals surface area contributed by atoms with E-state index in [0.717, 1.165) is 12.8 Å². The summed E-state index contributed by atoms with van der Waals surface area (Å²) in [7, 11) is -3.40. The summed E-state index contributed by atoms with van der Waals surface area (Å²) in [5.74, 6) is 0. The highest BCUT2D eigenvalue weighted by Gasteiger charge is 2.27. The lowest BCUT2D eigenvalue weighted by Gasteiger charge is -2.14. The summed E-state index contributed by atoms with van der Waals surface area (Å²) in [6.07, 6.45) is 2.41. The van der Waals surface area contributed by atoms with E-state index in [-0.39, 0.29) is 18.7 Å². The van der Waals surface area contributed by atoms with Crippen LogP contribution in [0.2, 0.25) is 0 Å². The Bertz CT molecular complexity index is 244. The molecule has 0 bridgehead atoms. The van der Waals surface area contributed by atoms with Gasteiger partial charge in [-0.1, -0.05) is 6.92 Å². The lowest BCUT2D eigenvalue weighted by atomic mass is 10.3. The fourth-order valence-electron chi connectivity index (χ4n) is 0.924. The first-order valence-electron chi connectivity index (χ1n) is 4.48. The Morgan fingerprint density at radius 1 is 1.54 bits per heavy atom. The van der Waals surface area contributed by atoms with Gasteiger partial charge >= 0.3 is 0 Å². The summed E-state index contributed by atoms with van der Waals surface area (Å²) in [6.45, 7) is 1.66. The molecule has 0 heterocycles. The maximum absolute atomic E-state index is 11.3. The van der Waals surface area contributed by atoms with E-state index in [1.54, 1.807) is 0 Å². The van der Waals surface area contributed by atoms with E-state index >= 15 is 0 Å². The zero-order chi connectivity index (χ0) is 9.90. The van der Waals surface area contributed by atoms with E-state index < -0.39 is 10.2 Å².